The molecule has 0 aliphatic carbocycles. The number of fused-ring (bicyclic) bond motifs is 1. The summed E-state index contributed by atoms with van der Waals surface area (Å²) in [4.78, 5) is 24.7. The van der Waals surface area contributed by atoms with Gasteiger partial charge in [-0.15, -0.1) is 0 Å². The van der Waals surface area contributed by atoms with Crippen molar-refractivity contribution in [1.82, 2.24) is 9.78 Å². The highest BCUT2D eigenvalue weighted by molar-refractivity contribution is 6.32. The lowest BCUT2D eigenvalue weighted by atomic mass is 10.1. The van der Waals surface area contributed by atoms with Crippen LogP contribution in [0.1, 0.15) is 37.9 Å². The number of nitrogens with zero attached hydrogens (tertiary/aromatic N) is 2. The molecule has 26 heavy (non-hydrogen) atoms. The summed E-state index contributed by atoms with van der Waals surface area (Å²) < 4.78 is 12.0. The number of hydrogen-bond donors (Lipinski definition) is 1. The Balaban J connectivity index is 2.03. The van der Waals surface area contributed by atoms with E-state index in [1.165, 1.54) is 11.8 Å². The minimum atomic E-state index is -0.632. The van der Waals surface area contributed by atoms with E-state index < -0.39 is 11.9 Å². The summed E-state index contributed by atoms with van der Waals surface area (Å²) in [5.41, 5.74) is 3.04. The van der Waals surface area contributed by atoms with Gasteiger partial charge in [-0.25, -0.2) is 4.79 Å². The first kappa shape index (κ1) is 18.0. The van der Waals surface area contributed by atoms with E-state index in [0.29, 0.717) is 27.6 Å². The molecule has 0 saturated carbocycles. The Morgan fingerprint density at radius 1 is 1.27 bits per heavy atom. The zero-order valence-corrected chi connectivity index (χ0v) is 15.8. The number of benzene rings is 1. The van der Waals surface area contributed by atoms with Crippen LogP contribution >= 0.6 is 11.6 Å². The maximum absolute atomic E-state index is 12.8. The molecule has 0 radical (unpaired) electrons. The van der Waals surface area contributed by atoms with Gasteiger partial charge in [0.05, 0.1) is 18.5 Å². The second kappa shape index (κ2) is 6.49. The molecule has 2 aromatic heterocycles. The predicted octanol–water partition coefficient (Wildman–Crippen LogP) is 3.78. The van der Waals surface area contributed by atoms with Crippen LogP contribution in [0.3, 0.4) is 0 Å². The van der Waals surface area contributed by atoms with E-state index in [-0.39, 0.29) is 11.5 Å². The van der Waals surface area contributed by atoms with Crippen molar-refractivity contribution in [1.29, 1.82) is 0 Å². The Kier molecular flexibility index (Phi) is 4.50. The lowest BCUT2D eigenvalue weighted by molar-refractivity contribution is 0.0594. The Hall–Kier alpha value is -2.80. The zero-order valence-electron chi connectivity index (χ0n) is 15.1. The number of ether oxygens (including phenoxy) is 1. The summed E-state index contributed by atoms with van der Waals surface area (Å²) in [6.07, 6.45) is 0. The number of nitrogens with one attached hydrogen (secondary N) is 1. The normalized spacial score (nSPS) is 11.0. The number of carbonyl (C=O) groups excluding carboxylic acids is 2. The van der Waals surface area contributed by atoms with Gasteiger partial charge < -0.3 is 14.5 Å². The van der Waals surface area contributed by atoms with Crippen molar-refractivity contribution in [3.8, 4) is 0 Å². The molecule has 0 bridgehead atoms. The van der Waals surface area contributed by atoms with Crippen LogP contribution in [0, 0.1) is 20.8 Å². The van der Waals surface area contributed by atoms with Gasteiger partial charge >= 0.3 is 5.97 Å². The van der Waals surface area contributed by atoms with Crippen LogP contribution in [-0.4, -0.2) is 28.8 Å². The number of amides is 1. The summed E-state index contributed by atoms with van der Waals surface area (Å²) in [5.74, 6) is -0.956. The van der Waals surface area contributed by atoms with Crippen molar-refractivity contribution in [3.63, 3.8) is 0 Å². The number of anilines is 1. The smallest absolute Gasteiger partial charge is 0.360 e. The molecule has 136 valence electrons. The molecule has 0 aliphatic rings. The highest BCUT2D eigenvalue weighted by atomic mass is 35.5. The average molecular weight is 376 g/mol. The van der Waals surface area contributed by atoms with Crippen molar-refractivity contribution in [3.05, 3.63) is 45.4 Å². The molecule has 1 aromatic carbocycles. The lowest BCUT2D eigenvalue weighted by Gasteiger charge is -2.05. The van der Waals surface area contributed by atoms with Gasteiger partial charge in [-0.1, -0.05) is 11.6 Å². The van der Waals surface area contributed by atoms with Crippen LogP contribution in [0.2, 0.25) is 5.02 Å². The molecule has 3 rings (SSSR count). The molecule has 0 spiro atoms. The highest BCUT2D eigenvalue weighted by Crippen LogP contribution is 2.31. The Morgan fingerprint density at radius 3 is 2.62 bits per heavy atom. The number of halogens is 1. The minimum Gasteiger partial charge on any atom is -0.464 e. The van der Waals surface area contributed by atoms with E-state index in [4.69, 9.17) is 20.8 Å². The molecule has 0 aliphatic heterocycles. The SMILES string of the molecule is COC(=O)c1nn(C)c(C)c1NC(=O)c1oc2cc(C)c(Cl)cc2c1C. The van der Waals surface area contributed by atoms with Crippen molar-refractivity contribution in [2.75, 3.05) is 12.4 Å². The van der Waals surface area contributed by atoms with Crippen molar-refractivity contribution >= 4 is 40.1 Å². The van der Waals surface area contributed by atoms with Gasteiger partial charge in [0.25, 0.3) is 5.91 Å². The topological polar surface area (TPSA) is 86.4 Å². The Bertz CT molecular complexity index is 1050. The molecule has 0 unspecified atom stereocenters. The van der Waals surface area contributed by atoms with Crippen molar-refractivity contribution < 1.29 is 18.7 Å². The number of rotatable bonds is 3. The molecular formula is C18H18ClN3O4. The number of esters is 1. The molecule has 0 saturated heterocycles. The molecule has 3 aromatic rings. The maximum atomic E-state index is 12.8. The average Bonchev–Trinajstić information content (AvgIpc) is 3.06. The number of methoxy groups -OCH3 is 1. The second-order valence-corrected chi connectivity index (χ2v) is 6.44. The monoisotopic (exact) mass is 375 g/mol. The van der Waals surface area contributed by atoms with Gasteiger partial charge in [0.2, 0.25) is 0 Å². The number of hydrogen-bond acceptors (Lipinski definition) is 5. The van der Waals surface area contributed by atoms with Crippen LogP contribution in [0.25, 0.3) is 11.0 Å². The fourth-order valence-electron chi connectivity index (χ4n) is 2.73. The van der Waals surface area contributed by atoms with Gasteiger partial charge in [0.15, 0.2) is 11.5 Å². The molecule has 2 heterocycles. The van der Waals surface area contributed by atoms with Gasteiger partial charge in [-0.05, 0) is 38.5 Å². The lowest BCUT2D eigenvalue weighted by Crippen LogP contribution is -2.15. The third-order valence-electron chi connectivity index (χ3n) is 4.37. The van der Waals surface area contributed by atoms with Gasteiger partial charge in [0.1, 0.15) is 5.58 Å². The van der Waals surface area contributed by atoms with E-state index in [1.807, 2.05) is 6.92 Å². The van der Waals surface area contributed by atoms with Gasteiger partial charge in [0, 0.05) is 23.0 Å². The third-order valence-corrected chi connectivity index (χ3v) is 4.78. The van der Waals surface area contributed by atoms with E-state index in [0.717, 1.165) is 10.9 Å². The fraction of sp³-hybridized carbons (Fsp3) is 0.278. The first-order valence-corrected chi connectivity index (χ1v) is 8.24. The summed E-state index contributed by atoms with van der Waals surface area (Å²) in [6.45, 7) is 5.38. The van der Waals surface area contributed by atoms with Crippen molar-refractivity contribution in [2.45, 2.75) is 20.8 Å². The summed E-state index contributed by atoms with van der Waals surface area (Å²) >= 11 is 6.17. The first-order chi connectivity index (χ1) is 12.2. The molecule has 8 heteroatoms. The van der Waals surface area contributed by atoms with E-state index in [1.54, 1.807) is 33.0 Å². The summed E-state index contributed by atoms with van der Waals surface area (Å²) in [7, 11) is 2.93. The predicted molar refractivity (Wildman–Crippen MR) is 97.9 cm³/mol. The standard InChI is InChI=1S/C18H18ClN3O4/c1-8-6-13-11(7-12(8)19)9(2)16(26-13)17(23)20-14-10(3)22(4)21-15(14)18(24)25-5/h6-7H,1-5H3,(H,20,23). The number of carbonyl (C=O) groups is 2. The molecule has 1 amide bonds. The molecular weight excluding hydrogens is 358 g/mol. The Morgan fingerprint density at radius 2 is 1.96 bits per heavy atom. The van der Waals surface area contributed by atoms with Gasteiger partial charge in [-0.3, -0.25) is 9.48 Å². The van der Waals surface area contributed by atoms with Crippen LogP contribution in [0.4, 0.5) is 5.69 Å². The second-order valence-electron chi connectivity index (χ2n) is 6.03. The van der Waals surface area contributed by atoms with Crippen LogP contribution in [-0.2, 0) is 11.8 Å². The summed E-state index contributed by atoms with van der Waals surface area (Å²) in [5, 5.41) is 8.17. The highest BCUT2D eigenvalue weighted by Gasteiger charge is 2.25. The van der Waals surface area contributed by atoms with Crippen LogP contribution in [0.5, 0.6) is 0 Å². The number of aryl methyl sites for hydroxylation is 3. The van der Waals surface area contributed by atoms with Crippen LogP contribution < -0.4 is 5.32 Å². The third kappa shape index (κ3) is 2.84. The molecule has 0 atom stereocenters. The zero-order chi connectivity index (χ0) is 19.2. The summed E-state index contributed by atoms with van der Waals surface area (Å²) in [6, 6.07) is 3.56. The molecule has 7 nitrogen and oxygen atoms in total. The minimum absolute atomic E-state index is 0.0357. The van der Waals surface area contributed by atoms with E-state index in [2.05, 4.69) is 10.4 Å². The Labute approximate surface area is 154 Å². The number of aromatic nitrogens is 2. The fourth-order valence-corrected chi connectivity index (χ4v) is 2.89. The molecule has 1 N–H and O–H groups in total. The van der Waals surface area contributed by atoms with Crippen molar-refractivity contribution in [2.24, 2.45) is 7.05 Å². The molecule has 0 fully saturated rings. The van der Waals surface area contributed by atoms with Gasteiger partial charge in [-0.2, -0.15) is 5.10 Å². The first-order valence-electron chi connectivity index (χ1n) is 7.87. The largest absolute Gasteiger partial charge is 0.464 e. The van der Waals surface area contributed by atoms with Crippen LogP contribution in [0.15, 0.2) is 16.5 Å². The van der Waals surface area contributed by atoms with E-state index in [9.17, 15) is 9.59 Å². The maximum Gasteiger partial charge on any atom is 0.360 e. The van der Waals surface area contributed by atoms with E-state index >= 15 is 0 Å². The number of furan rings is 1. The quantitative estimate of drug-likeness (QED) is 0.704.